The molecule has 1 aliphatic heterocycles. The molecule has 0 atom stereocenters. The van der Waals surface area contributed by atoms with Gasteiger partial charge in [-0.3, -0.25) is 0 Å². The van der Waals surface area contributed by atoms with Gasteiger partial charge in [0.25, 0.3) is 0 Å². The molecule has 1 saturated heterocycles. The lowest BCUT2D eigenvalue weighted by molar-refractivity contribution is 0.632. The van der Waals surface area contributed by atoms with Crippen LogP contribution in [0.25, 0.3) is 0 Å². The number of aryl methyl sites for hydroxylation is 1. The van der Waals surface area contributed by atoms with Crippen molar-refractivity contribution in [2.75, 3.05) is 54.0 Å². The average Bonchev–Trinajstić information content (AvgIpc) is 2.68. The van der Waals surface area contributed by atoms with Crippen LogP contribution in [0.5, 0.6) is 0 Å². The average molecular weight is 355 g/mol. The molecule has 1 aromatic carbocycles. The Kier molecular flexibility index (Phi) is 6.26. The van der Waals surface area contributed by atoms with Crippen LogP contribution in [0.2, 0.25) is 0 Å². The summed E-state index contributed by atoms with van der Waals surface area (Å²) in [4.78, 5) is 11.8. The lowest BCUT2D eigenvalue weighted by Crippen LogP contribution is -2.47. The van der Waals surface area contributed by atoms with Gasteiger partial charge in [-0.1, -0.05) is 26.0 Å². The predicted molar refractivity (Wildman–Crippen MR) is 108 cm³/mol. The van der Waals surface area contributed by atoms with Crippen molar-refractivity contribution in [3.8, 4) is 0 Å². The maximum atomic E-state index is 4.81. The van der Waals surface area contributed by atoms with E-state index in [4.69, 9.17) is 4.98 Å². The van der Waals surface area contributed by atoms with Gasteiger partial charge < -0.3 is 14.7 Å². The smallest absolute Gasteiger partial charge is 0.247 e. The fraction of sp³-hybridized carbons (Fsp3) is 0.550. The van der Waals surface area contributed by atoms with E-state index in [1.807, 2.05) is 0 Å². The van der Waals surface area contributed by atoms with Gasteiger partial charge in [0.15, 0.2) is 5.82 Å². The molecule has 140 valence electrons. The second kappa shape index (κ2) is 8.83. The molecule has 0 unspecified atom stereocenters. The number of aromatic nitrogens is 3. The summed E-state index contributed by atoms with van der Waals surface area (Å²) in [5.41, 5.74) is 2.60. The van der Waals surface area contributed by atoms with E-state index in [0.717, 1.165) is 63.9 Å². The molecule has 0 radical (unpaired) electrons. The van der Waals surface area contributed by atoms with Crippen molar-refractivity contribution in [2.24, 2.45) is 0 Å². The van der Waals surface area contributed by atoms with Crippen LogP contribution >= 0.6 is 0 Å². The summed E-state index contributed by atoms with van der Waals surface area (Å²) in [5, 5.41) is 8.52. The first kappa shape index (κ1) is 18.4. The highest BCUT2D eigenvalue weighted by atomic mass is 15.4. The number of hydrogen-bond donors (Lipinski definition) is 0. The SMILES string of the molecule is CCCN(CCC)c1cnnc(N2CCN(c3cccc(C)c3)CC2)n1. The maximum absolute atomic E-state index is 4.81. The molecule has 26 heavy (non-hydrogen) atoms. The Morgan fingerprint density at radius 2 is 1.69 bits per heavy atom. The van der Waals surface area contributed by atoms with E-state index in [0.29, 0.717) is 0 Å². The van der Waals surface area contributed by atoms with E-state index < -0.39 is 0 Å². The molecule has 3 rings (SSSR count). The molecule has 0 saturated carbocycles. The Morgan fingerprint density at radius 3 is 2.35 bits per heavy atom. The largest absolute Gasteiger partial charge is 0.368 e. The lowest BCUT2D eigenvalue weighted by atomic mass is 10.2. The Hall–Kier alpha value is -2.37. The van der Waals surface area contributed by atoms with Crippen LogP contribution in [0.1, 0.15) is 32.3 Å². The topological polar surface area (TPSA) is 48.4 Å². The van der Waals surface area contributed by atoms with Gasteiger partial charge in [0.05, 0.1) is 6.20 Å². The predicted octanol–water partition coefficient (Wildman–Crippen LogP) is 3.13. The third kappa shape index (κ3) is 4.42. The van der Waals surface area contributed by atoms with Crippen molar-refractivity contribution < 1.29 is 0 Å². The van der Waals surface area contributed by atoms with Gasteiger partial charge in [-0.05, 0) is 37.5 Å². The third-order valence-corrected chi connectivity index (χ3v) is 4.78. The number of hydrogen-bond acceptors (Lipinski definition) is 6. The molecule has 0 amide bonds. The van der Waals surface area contributed by atoms with Crippen LogP contribution in [0, 0.1) is 6.92 Å². The van der Waals surface area contributed by atoms with Gasteiger partial charge in [-0.2, -0.15) is 10.1 Å². The monoisotopic (exact) mass is 354 g/mol. The molecule has 1 fully saturated rings. The summed E-state index contributed by atoms with van der Waals surface area (Å²) in [5.74, 6) is 1.70. The first-order valence-corrected chi connectivity index (χ1v) is 9.72. The molecule has 1 aromatic heterocycles. The first-order valence-electron chi connectivity index (χ1n) is 9.72. The van der Waals surface area contributed by atoms with Crippen LogP contribution in [-0.4, -0.2) is 54.4 Å². The van der Waals surface area contributed by atoms with Crippen LogP contribution in [-0.2, 0) is 0 Å². The summed E-state index contributed by atoms with van der Waals surface area (Å²) in [7, 11) is 0. The molecule has 0 aliphatic carbocycles. The highest BCUT2D eigenvalue weighted by Gasteiger charge is 2.20. The van der Waals surface area contributed by atoms with Crippen LogP contribution in [0.15, 0.2) is 30.5 Å². The van der Waals surface area contributed by atoms with Crippen LogP contribution in [0.4, 0.5) is 17.5 Å². The van der Waals surface area contributed by atoms with Gasteiger partial charge in [0, 0.05) is 45.0 Å². The minimum absolute atomic E-state index is 0.753. The third-order valence-electron chi connectivity index (χ3n) is 4.78. The van der Waals surface area contributed by atoms with Crippen molar-refractivity contribution in [2.45, 2.75) is 33.6 Å². The second-order valence-electron chi connectivity index (χ2n) is 6.91. The molecule has 0 bridgehead atoms. The summed E-state index contributed by atoms with van der Waals surface area (Å²) >= 11 is 0. The standard InChI is InChI=1S/C20H30N6/c1-4-9-25(10-5-2)19-16-21-23-20(22-19)26-13-11-24(12-14-26)18-8-6-7-17(3)15-18/h6-8,15-16H,4-5,9-14H2,1-3H3. The second-order valence-corrected chi connectivity index (χ2v) is 6.91. The van der Waals surface area contributed by atoms with Crippen molar-refractivity contribution in [1.82, 2.24) is 15.2 Å². The summed E-state index contributed by atoms with van der Waals surface area (Å²) in [6.07, 6.45) is 4.00. The molecular weight excluding hydrogens is 324 g/mol. The molecule has 2 aromatic rings. The van der Waals surface area contributed by atoms with E-state index >= 15 is 0 Å². The number of nitrogens with zero attached hydrogens (tertiary/aromatic N) is 6. The number of benzene rings is 1. The molecule has 6 heteroatoms. The Labute approximate surface area is 156 Å². The van der Waals surface area contributed by atoms with Gasteiger partial charge in [-0.15, -0.1) is 5.10 Å². The molecule has 2 heterocycles. The molecular formula is C20H30N6. The van der Waals surface area contributed by atoms with Crippen molar-refractivity contribution >= 4 is 17.5 Å². The molecule has 0 N–H and O–H groups in total. The Bertz CT molecular complexity index is 690. The van der Waals surface area contributed by atoms with Crippen molar-refractivity contribution in [3.05, 3.63) is 36.0 Å². The Balaban J connectivity index is 1.66. The van der Waals surface area contributed by atoms with Crippen LogP contribution < -0.4 is 14.7 Å². The van der Waals surface area contributed by atoms with Crippen LogP contribution in [0.3, 0.4) is 0 Å². The fourth-order valence-electron chi connectivity index (χ4n) is 3.44. The Morgan fingerprint density at radius 1 is 1.00 bits per heavy atom. The summed E-state index contributed by atoms with van der Waals surface area (Å²) in [6.45, 7) is 12.3. The number of anilines is 3. The zero-order valence-electron chi connectivity index (χ0n) is 16.2. The van der Waals surface area contributed by atoms with E-state index in [9.17, 15) is 0 Å². The van der Waals surface area contributed by atoms with Gasteiger partial charge in [-0.25, -0.2) is 0 Å². The fourth-order valence-corrected chi connectivity index (χ4v) is 3.44. The molecule has 0 spiro atoms. The quantitative estimate of drug-likeness (QED) is 0.761. The van der Waals surface area contributed by atoms with E-state index in [1.54, 1.807) is 6.20 Å². The summed E-state index contributed by atoms with van der Waals surface area (Å²) in [6, 6.07) is 8.71. The number of rotatable bonds is 7. The highest BCUT2D eigenvalue weighted by Crippen LogP contribution is 2.20. The van der Waals surface area contributed by atoms with E-state index in [2.05, 4.69) is 69.9 Å². The zero-order chi connectivity index (χ0) is 18.4. The minimum Gasteiger partial charge on any atom is -0.368 e. The first-order chi connectivity index (χ1) is 12.7. The number of piperazine rings is 1. The van der Waals surface area contributed by atoms with Gasteiger partial charge in [0.1, 0.15) is 0 Å². The lowest BCUT2D eigenvalue weighted by Gasteiger charge is -2.36. The normalized spacial score (nSPS) is 14.6. The zero-order valence-corrected chi connectivity index (χ0v) is 16.2. The van der Waals surface area contributed by atoms with E-state index in [1.165, 1.54) is 11.3 Å². The molecule has 1 aliphatic rings. The van der Waals surface area contributed by atoms with Crippen molar-refractivity contribution in [1.29, 1.82) is 0 Å². The minimum atomic E-state index is 0.753. The van der Waals surface area contributed by atoms with Gasteiger partial charge in [0.2, 0.25) is 5.95 Å². The van der Waals surface area contributed by atoms with Gasteiger partial charge >= 0.3 is 0 Å². The molecule has 6 nitrogen and oxygen atoms in total. The highest BCUT2D eigenvalue weighted by molar-refractivity contribution is 5.50. The van der Waals surface area contributed by atoms with E-state index in [-0.39, 0.29) is 0 Å². The van der Waals surface area contributed by atoms with Crippen molar-refractivity contribution in [3.63, 3.8) is 0 Å². The maximum Gasteiger partial charge on any atom is 0.247 e. The summed E-state index contributed by atoms with van der Waals surface area (Å²) < 4.78 is 0.